The number of fused-ring (bicyclic) bond motifs is 1. The topological polar surface area (TPSA) is 30.8 Å². The van der Waals surface area contributed by atoms with Crippen molar-refractivity contribution in [3.8, 4) is 5.75 Å². The van der Waals surface area contributed by atoms with Crippen molar-refractivity contribution >= 4 is 40.7 Å². The van der Waals surface area contributed by atoms with Crippen LogP contribution < -0.4 is 4.74 Å². The number of benzene rings is 2. The van der Waals surface area contributed by atoms with Crippen LogP contribution in [0.25, 0.3) is 0 Å². The molecule has 6 heteroatoms. The molecule has 0 N–H and O–H groups in total. The average Bonchev–Trinajstić information content (AvgIpc) is 2.66. The molecule has 0 unspecified atom stereocenters. The first-order chi connectivity index (χ1) is 12.7. The number of halogens is 2. The van der Waals surface area contributed by atoms with Gasteiger partial charge in [-0.15, -0.1) is 0 Å². The highest BCUT2D eigenvalue weighted by atomic mass is 35.5. The Morgan fingerprint density at radius 2 is 1.92 bits per heavy atom. The van der Waals surface area contributed by atoms with Crippen LogP contribution >= 0.6 is 35.0 Å². The third-order valence-electron chi connectivity index (χ3n) is 3.96. The molecule has 1 aliphatic carbocycles. The van der Waals surface area contributed by atoms with Crippen LogP contribution in [0.3, 0.4) is 0 Å². The molecular formula is C20H19Cl2NO2S. The van der Waals surface area contributed by atoms with Crippen molar-refractivity contribution in [2.45, 2.75) is 24.2 Å². The van der Waals surface area contributed by atoms with Gasteiger partial charge in [0, 0.05) is 16.0 Å². The summed E-state index contributed by atoms with van der Waals surface area (Å²) in [6.07, 6.45) is 4.51. The fourth-order valence-corrected chi connectivity index (χ4v) is 3.52. The summed E-state index contributed by atoms with van der Waals surface area (Å²) in [5.74, 6) is 1.33. The zero-order valence-electron chi connectivity index (χ0n) is 14.2. The van der Waals surface area contributed by atoms with E-state index in [9.17, 15) is 0 Å². The maximum absolute atomic E-state index is 5.80. The Morgan fingerprint density at radius 1 is 1.08 bits per heavy atom. The Labute approximate surface area is 168 Å². The van der Waals surface area contributed by atoms with Crippen molar-refractivity contribution in [3.63, 3.8) is 0 Å². The van der Waals surface area contributed by atoms with Crippen molar-refractivity contribution in [3.05, 3.63) is 70.2 Å². The van der Waals surface area contributed by atoms with Gasteiger partial charge in [0.1, 0.15) is 16.8 Å². The van der Waals surface area contributed by atoms with E-state index in [-0.39, 0.29) is 4.49 Å². The monoisotopic (exact) mass is 407 g/mol. The van der Waals surface area contributed by atoms with Crippen molar-refractivity contribution < 1.29 is 9.57 Å². The summed E-state index contributed by atoms with van der Waals surface area (Å²) in [7, 11) is 0. The summed E-state index contributed by atoms with van der Waals surface area (Å²) < 4.78 is 6.01. The van der Waals surface area contributed by atoms with Crippen LogP contribution in [-0.2, 0) is 11.3 Å². The average molecular weight is 408 g/mol. The molecule has 0 saturated carbocycles. The Balaban J connectivity index is 1.65. The minimum Gasteiger partial charge on any atom is -0.489 e. The molecule has 1 aliphatic rings. The lowest BCUT2D eigenvalue weighted by Crippen LogP contribution is -2.14. The second kappa shape index (κ2) is 9.91. The van der Waals surface area contributed by atoms with Crippen LogP contribution in [0.2, 0.25) is 0 Å². The zero-order chi connectivity index (χ0) is 18.2. The van der Waals surface area contributed by atoms with Crippen LogP contribution in [-0.4, -0.2) is 18.3 Å². The van der Waals surface area contributed by atoms with Gasteiger partial charge in [0.15, 0.2) is 5.94 Å². The first-order valence-corrected chi connectivity index (χ1v) is 10.1. The maximum Gasteiger partial charge on any atom is 0.167 e. The molecule has 136 valence electrons. The van der Waals surface area contributed by atoms with E-state index in [1.165, 1.54) is 4.90 Å². The Bertz CT molecular complexity index is 790. The molecular weight excluding hydrogens is 389 g/mol. The molecule has 0 aromatic heterocycles. The van der Waals surface area contributed by atoms with Crippen molar-refractivity contribution in [2.24, 2.45) is 5.16 Å². The number of ether oxygens (including phenoxy) is 1. The Hall–Kier alpha value is -1.62. The van der Waals surface area contributed by atoms with Gasteiger partial charge in [-0.1, -0.05) is 70.5 Å². The molecule has 0 heterocycles. The molecule has 0 saturated heterocycles. The van der Waals surface area contributed by atoms with E-state index in [0.717, 1.165) is 41.9 Å². The molecule has 3 nitrogen and oxygen atoms in total. The lowest BCUT2D eigenvalue weighted by molar-refractivity contribution is 0.195. The molecule has 3 rings (SSSR count). The number of rotatable bonds is 7. The largest absolute Gasteiger partial charge is 0.489 e. The molecule has 0 spiro atoms. The highest BCUT2D eigenvalue weighted by molar-refractivity contribution is 7.99. The summed E-state index contributed by atoms with van der Waals surface area (Å²) in [5.41, 5.74) is 3.23. The lowest BCUT2D eigenvalue weighted by atomic mass is 9.89. The number of hydrogen-bond donors (Lipinski definition) is 0. The summed E-state index contributed by atoms with van der Waals surface area (Å²) in [6, 6.07) is 16.1. The normalized spacial score (nSPS) is 14.6. The van der Waals surface area contributed by atoms with Gasteiger partial charge in [-0.25, -0.2) is 0 Å². The van der Waals surface area contributed by atoms with Crippen LogP contribution in [0.1, 0.15) is 24.0 Å². The van der Waals surface area contributed by atoms with Crippen LogP contribution in [0.15, 0.2) is 69.1 Å². The van der Waals surface area contributed by atoms with E-state index in [0.29, 0.717) is 12.5 Å². The van der Waals surface area contributed by atoms with Gasteiger partial charge in [0.05, 0.1) is 5.71 Å². The van der Waals surface area contributed by atoms with Gasteiger partial charge in [0.25, 0.3) is 0 Å². The van der Waals surface area contributed by atoms with Crippen molar-refractivity contribution in [1.82, 2.24) is 0 Å². The minimum absolute atomic E-state index is 0.210. The van der Waals surface area contributed by atoms with Gasteiger partial charge in [0.2, 0.25) is 0 Å². The predicted molar refractivity (Wildman–Crippen MR) is 109 cm³/mol. The molecule has 2 aromatic carbocycles. The molecule has 0 bridgehead atoms. The summed E-state index contributed by atoms with van der Waals surface area (Å²) in [5, 5.41) is 4.38. The molecule has 2 aromatic rings. The first kappa shape index (κ1) is 19.2. The molecule has 0 fully saturated rings. The molecule has 0 atom stereocenters. The second-order valence-electron chi connectivity index (χ2n) is 5.68. The fraction of sp³-hybridized carbons (Fsp3) is 0.250. The van der Waals surface area contributed by atoms with E-state index >= 15 is 0 Å². The highest BCUT2D eigenvalue weighted by Gasteiger charge is 2.19. The van der Waals surface area contributed by atoms with E-state index in [1.807, 2.05) is 30.3 Å². The summed E-state index contributed by atoms with van der Waals surface area (Å²) in [4.78, 5) is 6.72. The minimum atomic E-state index is 0.210. The van der Waals surface area contributed by atoms with Crippen molar-refractivity contribution in [2.75, 3.05) is 12.5 Å². The second-order valence-corrected chi connectivity index (χ2v) is 7.69. The van der Waals surface area contributed by atoms with Gasteiger partial charge >= 0.3 is 0 Å². The van der Waals surface area contributed by atoms with Crippen LogP contribution in [0, 0.1) is 0 Å². The summed E-state index contributed by atoms with van der Waals surface area (Å²) >= 11 is 12.9. The maximum atomic E-state index is 5.80. The van der Waals surface area contributed by atoms with Crippen LogP contribution in [0.5, 0.6) is 5.75 Å². The smallest absolute Gasteiger partial charge is 0.167 e. The Morgan fingerprint density at radius 3 is 2.73 bits per heavy atom. The number of thioether (sulfide) groups is 1. The third kappa shape index (κ3) is 5.44. The van der Waals surface area contributed by atoms with Gasteiger partial charge < -0.3 is 9.57 Å². The highest BCUT2D eigenvalue weighted by Crippen LogP contribution is 2.30. The SMILES string of the molecule is ClC(Cl)=CCOc1cccc2c1CCC/C2=N\OCSc1ccccc1. The van der Waals surface area contributed by atoms with Crippen LogP contribution in [0.4, 0.5) is 0 Å². The van der Waals surface area contributed by atoms with E-state index < -0.39 is 0 Å². The molecule has 26 heavy (non-hydrogen) atoms. The standard InChI is InChI=1S/C20H19Cl2NO2S/c21-20(22)12-13-24-19-11-5-8-16-17(19)9-4-10-18(16)23-25-14-26-15-6-2-1-3-7-15/h1-3,5-8,11-12H,4,9-10,13-14H2/b23-18+. The fourth-order valence-electron chi connectivity index (χ4n) is 2.80. The quantitative estimate of drug-likeness (QED) is 0.237. The predicted octanol–water partition coefficient (Wildman–Crippen LogP) is 6.19. The van der Waals surface area contributed by atoms with Crippen molar-refractivity contribution in [1.29, 1.82) is 0 Å². The number of oxime groups is 1. The first-order valence-electron chi connectivity index (χ1n) is 8.37. The van der Waals surface area contributed by atoms with Gasteiger partial charge in [-0.3, -0.25) is 0 Å². The molecule has 0 aliphatic heterocycles. The van der Waals surface area contributed by atoms with Gasteiger partial charge in [-0.2, -0.15) is 0 Å². The summed E-state index contributed by atoms with van der Waals surface area (Å²) in [6.45, 7) is 0.343. The van der Waals surface area contributed by atoms with E-state index in [1.54, 1.807) is 17.8 Å². The van der Waals surface area contributed by atoms with E-state index in [2.05, 4.69) is 23.4 Å². The van der Waals surface area contributed by atoms with Gasteiger partial charge in [-0.05, 0) is 43.5 Å². The lowest BCUT2D eigenvalue weighted by Gasteiger charge is -2.20. The third-order valence-corrected chi connectivity index (χ3v) is 5.09. The number of hydrogen-bond acceptors (Lipinski definition) is 4. The Kier molecular flexibility index (Phi) is 7.30. The van der Waals surface area contributed by atoms with E-state index in [4.69, 9.17) is 32.8 Å². The number of nitrogens with zero attached hydrogens (tertiary/aromatic N) is 1. The molecule has 0 amide bonds. The molecule has 0 radical (unpaired) electrons. The zero-order valence-corrected chi connectivity index (χ0v) is 16.5.